The summed E-state index contributed by atoms with van der Waals surface area (Å²) in [5, 5.41) is 9.84. The Morgan fingerprint density at radius 3 is 2.87 bits per heavy atom. The molecule has 1 aliphatic rings. The molecule has 1 atom stereocenters. The average Bonchev–Trinajstić information content (AvgIpc) is 3.18. The Balaban J connectivity index is 1.68. The van der Waals surface area contributed by atoms with Gasteiger partial charge in [-0.25, -0.2) is 19.3 Å². The largest absolute Gasteiger partial charge is 0.486 e. The molecule has 1 N–H and O–H groups in total. The number of aliphatic hydroxyl groups excluding tert-OH is 1. The van der Waals surface area contributed by atoms with E-state index in [1.54, 1.807) is 12.1 Å². The molecule has 0 spiro atoms. The second kappa shape index (κ2) is 7.50. The van der Waals surface area contributed by atoms with Gasteiger partial charge in [0.05, 0.1) is 23.8 Å². The van der Waals surface area contributed by atoms with Crippen molar-refractivity contribution in [3.05, 3.63) is 35.8 Å². The number of hydrogen-bond donors (Lipinski definition) is 1. The van der Waals surface area contributed by atoms with Crippen LogP contribution in [0.25, 0.3) is 31.8 Å². The van der Waals surface area contributed by atoms with Gasteiger partial charge in [0, 0.05) is 11.6 Å². The molecular weight excluding hydrogens is 435 g/mol. The normalized spacial score (nSPS) is 15.7. The summed E-state index contributed by atoms with van der Waals surface area (Å²) in [6, 6.07) is 4.69. The lowest BCUT2D eigenvalue weighted by molar-refractivity contribution is -0.0528. The van der Waals surface area contributed by atoms with Crippen molar-refractivity contribution in [1.82, 2.24) is 15.0 Å². The molecule has 2 aromatic carbocycles. The topological polar surface area (TPSA) is 86.6 Å². The molecule has 0 saturated heterocycles. The van der Waals surface area contributed by atoms with Crippen molar-refractivity contribution in [1.29, 1.82) is 0 Å². The Hall–Kier alpha value is -3.18. The highest BCUT2D eigenvalue weighted by Gasteiger charge is 2.27. The first-order valence-electron chi connectivity index (χ1n) is 9.19. The molecule has 11 heteroatoms. The van der Waals surface area contributed by atoms with Crippen LogP contribution in [0.4, 0.5) is 13.2 Å². The van der Waals surface area contributed by atoms with Gasteiger partial charge in [0.2, 0.25) is 5.88 Å². The molecule has 1 aliphatic heterocycles. The van der Waals surface area contributed by atoms with E-state index >= 15 is 0 Å². The number of benzene rings is 2. The minimum atomic E-state index is -3.01. The molecular formula is C20H14F3N3O4S. The van der Waals surface area contributed by atoms with Gasteiger partial charge in [-0.1, -0.05) is 0 Å². The van der Waals surface area contributed by atoms with Crippen molar-refractivity contribution in [3.63, 3.8) is 0 Å². The molecule has 31 heavy (non-hydrogen) atoms. The first kappa shape index (κ1) is 19.8. The summed E-state index contributed by atoms with van der Waals surface area (Å²) in [5.74, 6) is -0.310. The number of fused-ring (bicyclic) bond motifs is 4. The van der Waals surface area contributed by atoms with Gasteiger partial charge in [0.15, 0.2) is 23.4 Å². The minimum absolute atomic E-state index is 0.0983. The molecule has 160 valence electrons. The van der Waals surface area contributed by atoms with Crippen LogP contribution in [0, 0.1) is 12.7 Å². The number of halogens is 3. The van der Waals surface area contributed by atoms with Gasteiger partial charge < -0.3 is 19.3 Å². The number of aryl methyl sites for hydroxylation is 1. The maximum absolute atomic E-state index is 14.7. The third kappa shape index (κ3) is 3.49. The molecule has 0 aliphatic carbocycles. The zero-order valence-corrected chi connectivity index (χ0v) is 16.8. The second-order valence-corrected chi connectivity index (χ2v) is 7.88. The van der Waals surface area contributed by atoms with E-state index in [9.17, 15) is 18.3 Å². The molecule has 3 heterocycles. The molecule has 0 saturated carbocycles. The minimum Gasteiger partial charge on any atom is -0.486 e. The van der Waals surface area contributed by atoms with Crippen LogP contribution in [0.1, 0.15) is 5.56 Å². The van der Waals surface area contributed by atoms with Gasteiger partial charge in [-0.3, -0.25) is 0 Å². The Morgan fingerprint density at radius 1 is 1.26 bits per heavy atom. The molecule has 1 unspecified atom stereocenters. The fourth-order valence-electron chi connectivity index (χ4n) is 3.36. The van der Waals surface area contributed by atoms with Crippen molar-refractivity contribution in [2.45, 2.75) is 19.6 Å². The Bertz CT molecular complexity index is 1310. The fourth-order valence-corrected chi connectivity index (χ4v) is 4.44. The number of aliphatic hydroxyl groups is 1. The lowest BCUT2D eigenvalue weighted by Crippen LogP contribution is -2.32. The number of rotatable bonds is 4. The molecule has 4 aromatic rings. The van der Waals surface area contributed by atoms with Crippen LogP contribution in [0.15, 0.2) is 24.4 Å². The number of thiazole rings is 1. The van der Waals surface area contributed by atoms with E-state index in [-0.39, 0.29) is 30.4 Å². The molecule has 0 radical (unpaired) electrons. The zero-order chi connectivity index (χ0) is 21.7. The maximum atomic E-state index is 14.7. The molecule has 5 rings (SSSR count). The number of ether oxygens (including phenoxy) is 3. The number of aromatic nitrogens is 3. The summed E-state index contributed by atoms with van der Waals surface area (Å²) in [4.78, 5) is 12.7. The highest BCUT2D eigenvalue weighted by Crippen LogP contribution is 2.45. The van der Waals surface area contributed by atoms with Gasteiger partial charge in [-0.2, -0.15) is 8.78 Å². The van der Waals surface area contributed by atoms with Crippen LogP contribution < -0.4 is 14.2 Å². The molecule has 0 amide bonds. The van der Waals surface area contributed by atoms with E-state index in [0.717, 1.165) is 11.8 Å². The van der Waals surface area contributed by atoms with E-state index in [0.29, 0.717) is 32.1 Å². The second-order valence-electron chi connectivity index (χ2n) is 6.88. The fraction of sp³-hybridized carbons (Fsp3) is 0.250. The van der Waals surface area contributed by atoms with Gasteiger partial charge >= 0.3 is 6.61 Å². The van der Waals surface area contributed by atoms with E-state index in [1.807, 2.05) is 6.92 Å². The SMILES string of the molecule is Cc1cc(-c2nc3c(F)cc4c(c3s2)OC(CO)CO4)c2ncc(OC(F)F)nc2c1. The number of nitrogens with zero attached hydrogens (tertiary/aromatic N) is 3. The molecule has 7 nitrogen and oxygen atoms in total. The average molecular weight is 449 g/mol. The number of hydrogen-bond acceptors (Lipinski definition) is 8. The lowest BCUT2D eigenvalue weighted by atomic mass is 10.1. The molecule has 0 bridgehead atoms. The summed E-state index contributed by atoms with van der Waals surface area (Å²) in [6.45, 7) is -1.34. The summed E-state index contributed by atoms with van der Waals surface area (Å²) in [7, 11) is 0. The summed E-state index contributed by atoms with van der Waals surface area (Å²) in [5.41, 5.74) is 2.20. The predicted octanol–water partition coefficient (Wildman–Crippen LogP) is 4.09. The molecule has 0 fully saturated rings. The maximum Gasteiger partial charge on any atom is 0.388 e. The van der Waals surface area contributed by atoms with Gasteiger partial charge in [0.25, 0.3) is 0 Å². The van der Waals surface area contributed by atoms with Crippen LogP contribution in [0.5, 0.6) is 17.4 Å². The number of alkyl halides is 2. The van der Waals surface area contributed by atoms with Crippen LogP contribution in [-0.4, -0.2) is 46.0 Å². The summed E-state index contributed by atoms with van der Waals surface area (Å²) >= 11 is 1.17. The Kier molecular flexibility index (Phi) is 4.78. The van der Waals surface area contributed by atoms with E-state index < -0.39 is 18.5 Å². The third-order valence-corrected chi connectivity index (χ3v) is 5.75. The van der Waals surface area contributed by atoms with Crippen LogP contribution in [0.3, 0.4) is 0 Å². The van der Waals surface area contributed by atoms with Crippen LogP contribution >= 0.6 is 11.3 Å². The van der Waals surface area contributed by atoms with Crippen molar-refractivity contribution >= 4 is 32.6 Å². The summed E-state index contributed by atoms with van der Waals surface area (Å²) < 4.78 is 55.8. The standard InChI is InChI=1S/C20H14F3N3O4S/c1-8-2-10(15-12(3-8)25-14(5-24-15)30-20(22)23)19-26-16-11(21)4-13-17(18(16)31-19)29-9(6-27)7-28-13/h2-5,9,20,27H,6-7H2,1H3. The highest BCUT2D eigenvalue weighted by atomic mass is 32.1. The van der Waals surface area contributed by atoms with Crippen molar-refractivity contribution in [2.24, 2.45) is 0 Å². The summed E-state index contributed by atoms with van der Waals surface area (Å²) in [6.07, 6.45) is 0.539. The zero-order valence-electron chi connectivity index (χ0n) is 15.9. The van der Waals surface area contributed by atoms with Crippen LogP contribution in [0.2, 0.25) is 0 Å². The lowest BCUT2D eigenvalue weighted by Gasteiger charge is -2.25. The first-order valence-corrected chi connectivity index (χ1v) is 10.0. The third-order valence-electron chi connectivity index (χ3n) is 4.66. The van der Waals surface area contributed by atoms with E-state index in [4.69, 9.17) is 9.47 Å². The highest BCUT2D eigenvalue weighted by molar-refractivity contribution is 7.22. The Morgan fingerprint density at radius 2 is 2.10 bits per heavy atom. The first-order chi connectivity index (χ1) is 14.9. The Labute approximate surface area is 177 Å². The van der Waals surface area contributed by atoms with Gasteiger partial charge in [-0.05, 0) is 24.6 Å². The quantitative estimate of drug-likeness (QED) is 0.502. The predicted molar refractivity (Wildman–Crippen MR) is 106 cm³/mol. The van der Waals surface area contributed by atoms with E-state index in [2.05, 4.69) is 19.7 Å². The van der Waals surface area contributed by atoms with Crippen molar-refractivity contribution < 1.29 is 32.5 Å². The monoisotopic (exact) mass is 449 g/mol. The smallest absolute Gasteiger partial charge is 0.388 e. The molecule has 2 aromatic heterocycles. The van der Waals surface area contributed by atoms with Gasteiger partial charge in [-0.15, -0.1) is 11.3 Å². The van der Waals surface area contributed by atoms with Crippen molar-refractivity contribution in [3.8, 4) is 28.0 Å². The van der Waals surface area contributed by atoms with Crippen LogP contribution in [-0.2, 0) is 0 Å². The van der Waals surface area contributed by atoms with E-state index in [1.165, 1.54) is 17.4 Å². The van der Waals surface area contributed by atoms with Gasteiger partial charge in [0.1, 0.15) is 21.8 Å². The van der Waals surface area contributed by atoms with Crippen molar-refractivity contribution in [2.75, 3.05) is 13.2 Å².